The summed E-state index contributed by atoms with van der Waals surface area (Å²) in [6.07, 6.45) is 1.09. The summed E-state index contributed by atoms with van der Waals surface area (Å²) >= 11 is 1.49. The monoisotopic (exact) mass is 434 g/mol. The number of anilines is 1. The van der Waals surface area contributed by atoms with E-state index in [1.165, 1.54) is 16.2 Å². The molecule has 0 N–H and O–H groups in total. The molecule has 2 heterocycles. The van der Waals surface area contributed by atoms with Gasteiger partial charge in [0, 0.05) is 6.54 Å². The molecule has 8 nitrogen and oxygen atoms in total. The van der Waals surface area contributed by atoms with E-state index in [9.17, 15) is 13.2 Å². The van der Waals surface area contributed by atoms with E-state index < -0.39 is 16.1 Å². The standard InChI is InChI=1S/C19H22N4O4S2/c1-4-22(13-17-20-18(21-27-17)16-11-8-12-28-16)19(24)14(2)23(29(3,25)26)15-9-6-5-7-10-15/h5-12,14H,4,13H2,1-3H3/t14-/m0/s1. The van der Waals surface area contributed by atoms with Gasteiger partial charge in [0.2, 0.25) is 27.6 Å². The summed E-state index contributed by atoms with van der Waals surface area (Å²) < 4.78 is 31.2. The molecule has 29 heavy (non-hydrogen) atoms. The Morgan fingerprint density at radius 2 is 1.93 bits per heavy atom. The molecule has 0 aliphatic carbocycles. The van der Waals surface area contributed by atoms with Gasteiger partial charge in [-0.15, -0.1) is 11.3 Å². The summed E-state index contributed by atoms with van der Waals surface area (Å²) in [6.45, 7) is 3.86. The van der Waals surface area contributed by atoms with Crippen molar-refractivity contribution in [3.05, 3.63) is 53.7 Å². The van der Waals surface area contributed by atoms with Gasteiger partial charge >= 0.3 is 0 Å². The molecule has 2 aromatic heterocycles. The molecule has 3 rings (SSSR count). The SMILES string of the molecule is CCN(Cc1nc(-c2cccs2)no1)C(=O)[C@H](C)N(c1ccccc1)S(C)(=O)=O. The lowest BCUT2D eigenvalue weighted by Gasteiger charge is -2.31. The zero-order chi connectivity index (χ0) is 21.0. The van der Waals surface area contributed by atoms with Crippen LogP contribution in [-0.2, 0) is 21.4 Å². The van der Waals surface area contributed by atoms with Crippen molar-refractivity contribution >= 4 is 33.0 Å². The van der Waals surface area contributed by atoms with Gasteiger partial charge < -0.3 is 9.42 Å². The topological polar surface area (TPSA) is 96.6 Å². The largest absolute Gasteiger partial charge is 0.337 e. The van der Waals surface area contributed by atoms with E-state index in [1.807, 2.05) is 24.4 Å². The molecule has 0 saturated carbocycles. The molecule has 0 saturated heterocycles. The van der Waals surface area contributed by atoms with Crippen molar-refractivity contribution in [2.75, 3.05) is 17.1 Å². The Labute approximate surface area is 173 Å². The average molecular weight is 435 g/mol. The number of rotatable bonds is 8. The predicted molar refractivity (Wildman–Crippen MR) is 112 cm³/mol. The van der Waals surface area contributed by atoms with E-state index in [-0.39, 0.29) is 12.5 Å². The summed E-state index contributed by atoms with van der Waals surface area (Å²) in [5, 5.41) is 5.87. The number of likely N-dealkylation sites (N-methyl/N-ethyl adjacent to an activating group) is 1. The zero-order valence-corrected chi connectivity index (χ0v) is 18.0. The summed E-state index contributed by atoms with van der Waals surface area (Å²) in [6, 6.07) is 11.4. The Balaban J connectivity index is 1.80. The zero-order valence-electron chi connectivity index (χ0n) is 16.3. The minimum Gasteiger partial charge on any atom is -0.337 e. The number of aromatic nitrogens is 2. The maximum Gasteiger partial charge on any atom is 0.246 e. The van der Waals surface area contributed by atoms with E-state index in [0.29, 0.717) is 23.9 Å². The van der Waals surface area contributed by atoms with Crippen LogP contribution in [0.4, 0.5) is 5.69 Å². The number of thiophene rings is 1. The first-order valence-electron chi connectivity index (χ1n) is 9.01. The van der Waals surface area contributed by atoms with Gasteiger partial charge in [0.1, 0.15) is 12.6 Å². The lowest BCUT2D eigenvalue weighted by atomic mass is 10.2. The Morgan fingerprint density at radius 1 is 1.21 bits per heavy atom. The first-order chi connectivity index (χ1) is 13.8. The molecule has 1 amide bonds. The van der Waals surface area contributed by atoms with Crippen LogP contribution < -0.4 is 4.31 Å². The quantitative estimate of drug-likeness (QED) is 0.541. The van der Waals surface area contributed by atoms with Gasteiger partial charge in [-0.25, -0.2) is 8.42 Å². The van der Waals surface area contributed by atoms with Gasteiger partial charge in [-0.3, -0.25) is 9.10 Å². The number of para-hydroxylation sites is 1. The second kappa shape index (κ2) is 8.75. The predicted octanol–water partition coefficient (Wildman–Crippen LogP) is 3.00. The molecule has 0 radical (unpaired) electrons. The van der Waals surface area contributed by atoms with Crippen LogP contribution in [0.2, 0.25) is 0 Å². The van der Waals surface area contributed by atoms with Crippen molar-refractivity contribution in [3.8, 4) is 10.7 Å². The summed E-state index contributed by atoms with van der Waals surface area (Å²) in [5.74, 6) is 0.410. The van der Waals surface area contributed by atoms with E-state index >= 15 is 0 Å². The van der Waals surface area contributed by atoms with Crippen LogP contribution >= 0.6 is 11.3 Å². The van der Waals surface area contributed by atoms with Crippen LogP contribution in [0.5, 0.6) is 0 Å². The normalized spacial score (nSPS) is 12.5. The lowest BCUT2D eigenvalue weighted by molar-refractivity contribution is -0.132. The van der Waals surface area contributed by atoms with Gasteiger partial charge in [0.15, 0.2) is 0 Å². The third-order valence-corrected chi connectivity index (χ3v) is 6.41. The van der Waals surface area contributed by atoms with Crippen molar-refractivity contribution in [1.29, 1.82) is 0 Å². The summed E-state index contributed by atoms with van der Waals surface area (Å²) in [7, 11) is -3.67. The van der Waals surface area contributed by atoms with Gasteiger partial charge in [-0.1, -0.05) is 29.4 Å². The molecule has 0 unspecified atom stereocenters. The minimum atomic E-state index is -3.67. The number of amides is 1. The molecule has 1 atom stereocenters. The van der Waals surface area contributed by atoms with Crippen LogP contribution in [0, 0.1) is 0 Å². The highest BCUT2D eigenvalue weighted by Crippen LogP contribution is 2.23. The Bertz CT molecular complexity index is 1050. The number of nitrogens with zero attached hydrogens (tertiary/aromatic N) is 4. The number of carbonyl (C=O) groups is 1. The third kappa shape index (κ3) is 4.83. The molecule has 1 aromatic carbocycles. The van der Waals surface area contributed by atoms with Gasteiger partial charge in [-0.05, 0) is 37.4 Å². The fourth-order valence-electron chi connectivity index (χ4n) is 2.98. The lowest BCUT2D eigenvalue weighted by Crippen LogP contribution is -2.49. The fourth-order valence-corrected chi connectivity index (χ4v) is 4.79. The van der Waals surface area contributed by atoms with E-state index in [4.69, 9.17) is 4.52 Å². The van der Waals surface area contributed by atoms with Gasteiger partial charge in [0.25, 0.3) is 0 Å². The molecule has 154 valence electrons. The number of hydrogen-bond acceptors (Lipinski definition) is 7. The molecular weight excluding hydrogens is 412 g/mol. The van der Waals surface area contributed by atoms with Crippen molar-refractivity contribution in [3.63, 3.8) is 0 Å². The van der Waals surface area contributed by atoms with Crippen LogP contribution in [0.1, 0.15) is 19.7 Å². The van der Waals surface area contributed by atoms with Gasteiger partial charge in [-0.2, -0.15) is 4.98 Å². The smallest absolute Gasteiger partial charge is 0.246 e. The van der Waals surface area contributed by atoms with Crippen LogP contribution in [0.3, 0.4) is 0 Å². The highest BCUT2D eigenvalue weighted by Gasteiger charge is 2.32. The summed E-state index contributed by atoms with van der Waals surface area (Å²) in [4.78, 5) is 19.8. The van der Waals surface area contributed by atoms with E-state index in [0.717, 1.165) is 15.4 Å². The van der Waals surface area contributed by atoms with Crippen molar-refractivity contribution in [2.24, 2.45) is 0 Å². The Hall–Kier alpha value is -2.72. The molecule has 3 aromatic rings. The maximum absolute atomic E-state index is 13.1. The molecule has 0 aliphatic heterocycles. The van der Waals surface area contributed by atoms with Crippen LogP contribution in [0.25, 0.3) is 10.7 Å². The first kappa shape index (κ1) is 21.0. The second-order valence-electron chi connectivity index (χ2n) is 6.41. The molecule has 10 heteroatoms. The first-order valence-corrected chi connectivity index (χ1v) is 11.7. The fraction of sp³-hybridized carbons (Fsp3) is 0.316. The Morgan fingerprint density at radius 3 is 2.52 bits per heavy atom. The van der Waals surface area contributed by atoms with Crippen molar-refractivity contribution < 1.29 is 17.7 Å². The van der Waals surface area contributed by atoms with Crippen molar-refractivity contribution in [1.82, 2.24) is 15.0 Å². The van der Waals surface area contributed by atoms with Gasteiger partial charge in [0.05, 0.1) is 16.8 Å². The number of sulfonamides is 1. The highest BCUT2D eigenvalue weighted by atomic mass is 32.2. The average Bonchev–Trinajstić information content (AvgIpc) is 3.37. The molecule has 0 spiro atoms. The van der Waals surface area contributed by atoms with E-state index in [1.54, 1.807) is 37.3 Å². The minimum absolute atomic E-state index is 0.102. The number of carbonyl (C=O) groups excluding carboxylic acids is 1. The Kier molecular flexibility index (Phi) is 6.33. The summed E-state index contributed by atoms with van der Waals surface area (Å²) in [5.41, 5.74) is 0.435. The highest BCUT2D eigenvalue weighted by molar-refractivity contribution is 7.92. The molecular formula is C19H22N4O4S2. The second-order valence-corrected chi connectivity index (χ2v) is 9.22. The van der Waals surface area contributed by atoms with Crippen molar-refractivity contribution in [2.45, 2.75) is 26.4 Å². The molecule has 0 aliphatic rings. The molecule has 0 bridgehead atoms. The van der Waals surface area contributed by atoms with Crippen LogP contribution in [-0.4, -0.2) is 48.2 Å². The number of hydrogen-bond donors (Lipinski definition) is 0. The number of benzene rings is 1. The van der Waals surface area contributed by atoms with E-state index in [2.05, 4.69) is 10.1 Å². The molecule has 0 fully saturated rings. The van der Waals surface area contributed by atoms with Crippen LogP contribution in [0.15, 0.2) is 52.4 Å². The third-order valence-electron chi connectivity index (χ3n) is 4.31. The maximum atomic E-state index is 13.1.